The minimum absolute atomic E-state index is 0.335. The van der Waals surface area contributed by atoms with E-state index in [-0.39, 0.29) is 0 Å². The first-order chi connectivity index (χ1) is 8.46. The number of alkyl halides is 3. The average Bonchev–Trinajstić information content (AvgIpc) is 2.28. The van der Waals surface area contributed by atoms with E-state index in [0.29, 0.717) is 31.1 Å². The van der Waals surface area contributed by atoms with Gasteiger partial charge in [0.2, 0.25) is 0 Å². The van der Waals surface area contributed by atoms with Crippen molar-refractivity contribution >= 4 is 11.6 Å². The molecule has 3 nitrogen and oxygen atoms in total. The molecule has 18 heavy (non-hydrogen) atoms. The van der Waals surface area contributed by atoms with E-state index in [1.165, 1.54) is 4.90 Å². The molecule has 1 rings (SSSR count). The van der Waals surface area contributed by atoms with Gasteiger partial charge in [-0.05, 0) is 25.5 Å². The van der Waals surface area contributed by atoms with Gasteiger partial charge in [0.1, 0.15) is 18.2 Å². The number of anilines is 2. The quantitative estimate of drug-likeness (QED) is 0.851. The first-order valence-electron chi connectivity index (χ1n) is 5.99. The normalized spacial score (nSPS) is 11.4. The molecule has 0 spiro atoms. The van der Waals surface area contributed by atoms with Crippen molar-refractivity contribution in [3.8, 4) is 0 Å². The van der Waals surface area contributed by atoms with Crippen molar-refractivity contribution in [1.82, 2.24) is 4.98 Å². The summed E-state index contributed by atoms with van der Waals surface area (Å²) in [6, 6.07) is 5.05. The Balaban J connectivity index is 2.87. The van der Waals surface area contributed by atoms with Gasteiger partial charge in [-0.3, -0.25) is 0 Å². The van der Waals surface area contributed by atoms with E-state index in [9.17, 15) is 13.2 Å². The molecule has 0 saturated heterocycles. The van der Waals surface area contributed by atoms with Crippen molar-refractivity contribution in [3.63, 3.8) is 0 Å². The Morgan fingerprint density at radius 3 is 2.56 bits per heavy atom. The van der Waals surface area contributed by atoms with Gasteiger partial charge >= 0.3 is 6.18 Å². The molecule has 0 unspecified atom stereocenters. The van der Waals surface area contributed by atoms with Crippen LogP contribution in [0, 0.1) is 0 Å². The van der Waals surface area contributed by atoms with Crippen molar-refractivity contribution in [2.75, 3.05) is 29.9 Å². The number of rotatable bonds is 6. The molecule has 0 aliphatic rings. The lowest BCUT2D eigenvalue weighted by atomic mass is 10.3. The second kappa shape index (κ2) is 6.47. The fourth-order valence-corrected chi connectivity index (χ4v) is 1.64. The summed E-state index contributed by atoms with van der Waals surface area (Å²) in [6.07, 6.45) is -3.58. The van der Waals surface area contributed by atoms with Crippen LogP contribution in [0.25, 0.3) is 0 Å². The highest BCUT2D eigenvalue weighted by Gasteiger charge is 2.31. The van der Waals surface area contributed by atoms with Crippen LogP contribution >= 0.6 is 0 Å². The van der Waals surface area contributed by atoms with E-state index < -0.39 is 12.7 Å². The number of pyridine rings is 1. The lowest BCUT2D eigenvalue weighted by Gasteiger charge is -2.24. The summed E-state index contributed by atoms with van der Waals surface area (Å²) >= 11 is 0. The Hall–Kier alpha value is -1.46. The van der Waals surface area contributed by atoms with Gasteiger partial charge < -0.3 is 10.2 Å². The molecule has 0 saturated carbocycles. The maximum atomic E-state index is 12.5. The van der Waals surface area contributed by atoms with Gasteiger partial charge in [-0.25, -0.2) is 4.98 Å². The predicted molar refractivity (Wildman–Crippen MR) is 67.0 cm³/mol. The molecule has 0 radical (unpaired) electrons. The lowest BCUT2D eigenvalue weighted by Crippen LogP contribution is -2.35. The van der Waals surface area contributed by atoms with Gasteiger partial charge in [0.15, 0.2) is 0 Å². The van der Waals surface area contributed by atoms with Crippen molar-refractivity contribution in [2.45, 2.75) is 26.4 Å². The van der Waals surface area contributed by atoms with Crippen LogP contribution in [0.3, 0.4) is 0 Å². The summed E-state index contributed by atoms with van der Waals surface area (Å²) in [5.74, 6) is 0.950. The molecule has 1 N–H and O–H groups in total. The molecular formula is C12H18F3N3. The third-order valence-corrected chi connectivity index (χ3v) is 2.28. The highest BCUT2D eigenvalue weighted by atomic mass is 19.4. The van der Waals surface area contributed by atoms with Gasteiger partial charge in [0.25, 0.3) is 0 Å². The van der Waals surface area contributed by atoms with Gasteiger partial charge in [0, 0.05) is 13.1 Å². The van der Waals surface area contributed by atoms with Gasteiger partial charge in [-0.1, -0.05) is 13.0 Å². The van der Waals surface area contributed by atoms with E-state index in [0.717, 1.165) is 0 Å². The molecule has 1 aromatic heterocycles. The largest absolute Gasteiger partial charge is 0.405 e. The molecule has 0 bridgehead atoms. The summed E-state index contributed by atoms with van der Waals surface area (Å²) in [5.41, 5.74) is 0. The molecule has 1 heterocycles. The Kier molecular flexibility index (Phi) is 5.25. The maximum Gasteiger partial charge on any atom is 0.405 e. The smallest absolute Gasteiger partial charge is 0.370 e. The summed E-state index contributed by atoms with van der Waals surface area (Å²) < 4.78 is 37.4. The maximum absolute atomic E-state index is 12.5. The summed E-state index contributed by atoms with van der Waals surface area (Å²) in [5, 5.41) is 2.99. The van der Waals surface area contributed by atoms with Crippen LogP contribution in [0.1, 0.15) is 20.3 Å². The van der Waals surface area contributed by atoms with Crippen molar-refractivity contribution in [2.24, 2.45) is 0 Å². The van der Waals surface area contributed by atoms with Crippen LogP contribution in [0.5, 0.6) is 0 Å². The minimum Gasteiger partial charge on any atom is -0.370 e. The number of hydrogen-bond donors (Lipinski definition) is 1. The topological polar surface area (TPSA) is 28.2 Å². The molecule has 0 atom stereocenters. The molecule has 102 valence electrons. The van der Waals surface area contributed by atoms with Gasteiger partial charge in [0.05, 0.1) is 0 Å². The number of nitrogens with one attached hydrogen (secondary N) is 1. The zero-order valence-corrected chi connectivity index (χ0v) is 10.6. The molecule has 0 amide bonds. The van der Waals surface area contributed by atoms with Gasteiger partial charge in [-0.2, -0.15) is 13.2 Å². The third-order valence-electron chi connectivity index (χ3n) is 2.28. The molecule has 6 heteroatoms. The van der Waals surface area contributed by atoms with Crippen molar-refractivity contribution < 1.29 is 13.2 Å². The van der Waals surface area contributed by atoms with E-state index >= 15 is 0 Å². The standard InChI is InChI=1S/C12H18F3N3/c1-3-8-18(9-12(13,14)15)11-7-5-6-10(17-11)16-4-2/h5-7H,3-4,8-9H2,1-2H3,(H,16,17). The minimum atomic E-state index is -4.22. The highest BCUT2D eigenvalue weighted by molar-refractivity contribution is 5.47. The number of hydrogen-bond acceptors (Lipinski definition) is 3. The van der Waals surface area contributed by atoms with Crippen LogP contribution in [-0.2, 0) is 0 Å². The molecule has 0 aliphatic carbocycles. The first-order valence-corrected chi connectivity index (χ1v) is 5.99. The number of nitrogens with zero attached hydrogens (tertiary/aromatic N) is 2. The molecule has 0 aliphatic heterocycles. The Labute approximate surface area is 105 Å². The van der Waals surface area contributed by atoms with Crippen molar-refractivity contribution in [1.29, 1.82) is 0 Å². The summed E-state index contributed by atoms with van der Waals surface area (Å²) in [4.78, 5) is 5.43. The van der Waals surface area contributed by atoms with Crippen molar-refractivity contribution in [3.05, 3.63) is 18.2 Å². The summed E-state index contributed by atoms with van der Waals surface area (Å²) in [6.45, 7) is 3.81. The molecule has 0 aromatic carbocycles. The van der Waals surface area contributed by atoms with Crippen LogP contribution in [-0.4, -0.2) is 30.8 Å². The second-order valence-electron chi connectivity index (χ2n) is 3.95. The molecular weight excluding hydrogens is 243 g/mol. The first kappa shape index (κ1) is 14.6. The van der Waals surface area contributed by atoms with E-state index in [4.69, 9.17) is 0 Å². The second-order valence-corrected chi connectivity index (χ2v) is 3.95. The Morgan fingerprint density at radius 2 is 2.00 bits per heavy atom. The summed E-state index contributed by atoms with van der Waals surface area (Å²) in [7, 11) is 0. The predicted octanol–water partition coefficient (Wildman–Crippen LogP) is 3.29. The molecule has 0 fully saturated rings. The lowest BCUT2D eigenvalue weighted by molar-refractivity contribution is -0.119. The van der Waals surface area contributed by atoms with Crippen LogP contribution < -0.4 is 10.2 Å². The zero-order chi connectivity index (χ0) is 13.6. The number of aromatic nitrogens is 1. The fourth-order valence-electron chi connectivity index (χ4n) is 1.64. The van der Waals surface area contributed by atoms with Crippen LogP contribution in [0.4, 0.5) is 24.8 Å². The van der Waals surface area contributed by atoms with E-state index in [1.54, 1.807) is 18.2 Å². The van der Waals surface area contributed by atoms with Gasteiger partial charge in [-0.15, -0.1) is 0 Å². The fraction of sp³-hybridized carbons (Fsp3) is 0.583. The number of halogens is 3. The van der Waals surface area contributed by atoms with Crippen LogP contribution in [0.2, 0.25) is 0 Å². The zero-order valence-electron chi connectivity index (χ0n) is 10.6. The SMILES string of the molecule is CCCN(CC(F)(F)F)c1cccc(NCC)n1. The molecule has 1 aromatic rings. The van der Waals surface area contributed by atoms with E-state index in [1.807, 2.05) is 13.8 Å². The van der Waals surface area contributed by atoms with E-state index in [2.05, 4.69) is 10.3 Å². The highest BCUT2D eigenvalue weighted by Crippen LogP contribution is 2.22. The Bertz CT molecular complexity index is 366. The van der Waals surface area contributed by atoms with Crippen LogP contribution in [0.15, 0.2) is 18.2 Å². The third kappa shape index (κ3) is 4.81. The monoisotopic (exact) mass is 261 g/mol. The Morgan fingerprint density at radius 1 is 1.28 bits per heavy atom. The average molecular weight is 261 g/mol.